The van der Waals surface area contributed by atoms with E-state index in [-0.39, 0.29) is 67.8 Å². The molecule has 4 aliphatic rings. The Kier molecular flexibility index (Phi) is 7.75. The highest BCUT2D eigenvalue weighted by Gasteiger charge is 2.71. The number of rotatable bonds is 6. The van der Waals surface area contributed by atoms with Crippen molar-refractivity contribution in [2.45, 2.75) is 63.1 Å². The minimum atomic E-state index is -1.36. The van der Waals surface area contributed by atoms with Gasteiger partial charge in [0.25, 0.3) is 0 Å². The molecule has 0 bridgehead atoms. The normalized spacial score (nSPS) is 27.6. The lowest BCUT2D eigenvalue weighted by Crippen LogP contribution is -2.49. The summed E-state index contributed by atoms with van der Waals surface area (Å²) < 4.78 is 57.4. The largest absolute Gasteiger partial charge is 0.444 e. The van der Waals surface area contributed by atoms with Crippen molar-refractivity contribution in [3.63, 3.8) is 0 Å². The van der Waals surface area contributed by atoms with Crippen LogP contribution in [0.5, 0.6) is 0 Å². The molecule has 5 heterocycles. The minimum absolute atomic E-state index is 0.00313. The molecule has 1 aromatic carbocycles. The number of aromatic nitrogens is 4. The average molecular weight is 679 g/mol. The number of cyclic esters (lactones) is 1. The number of hydrogen-bond acceptors (Lipinski definition) is 9. The summed E-state index contributed by atoms with van der Waals surface area (Å²) in [6.07, 6.45) is 0.821. The number of benzene rings is 1. The van der Waals surface area contributed by atoms with Crippen LogP contribution in [-0.2, 0) is 26.2 Å². The third-order valence-electron chi connectivity index (χ3n) is 9.59. The molecule has 1 aliphatic carbocycles. The molecular weight excluding hydrogens is 645 g/mol. The first kappa shape index (κ1) is 32.4. The van der Waals surface area contributed by atoms with Gasteiger partial charge in [-0.2, -0.15) is 5.26 Å². The van der Waals surface area contributed by atoms with Crippen molar-refractivity contribution in [1.82, 2.24) is 29.8 Å². The summed E-state index contributed by atoms with van der Waals surface area (Å²) in [5, 5.41) is 17.8. The van der Waals surface area contributed by atoms with Crippen molar-refractivity contribution in [2.24, 2.45) is 11.8 Å². The number of carbonyl (C=O) groups is 3. The number of piperidine rings is 1. The maximum Gasteiger partial charge on any atom is 0.414 e. The summed E-state index contributed by atoms with van der Waals surface area (Å²) in [5.74, 6) is -2.71. The second-order valence-corrected chi connectivity index (χ2v) is 13.9. The Hall–Kier alpha value is -5.20. The molecule has 1 unspecified atom stereocenters. The van der Waals surface area contributed by atoms with Gasteiger partial charge in [-0.3, -0.25) is 19.6 Å². The predicted molar refractivity (Wildman–Crippen MR) is 164 cm³/mol. The second kappa shape index (κ2) is 11.7. The first-order valence-corrected chi connectivity index (χ1v) is 15.9. The molecular formula is C33H33F3N8O5. The van der Waals surface area contributed by atoms with Crippen molar-refractivity contribution in [2.75, 3.05) is 31.1 Å². The van der Waals surface area contributed by atoms with Gasteiger partial charge in [0.15, 0.2) is 0 Å². The Morgan fingerprint density at radius 3 is 2.43 bits per heavy atom. The van der Waals surface area contributed by atoms with Crippen molar-refractivity contribution in [3.8, 4) is 17.2 Å². The van der Waals surface area contributed by atoms with Crippen LogP contribution in [0.15, 0.2) is 42.9 Å². The van der Waals surface area contributed by atoms with E-state index in [0.717, 1.165) is 21.9 Å². The zero-order valence-electron chi connectivity index (χ0n) is 26.9. The van der Waals surface area contributed by atoms with E-state index in [1.165, 1.54) is 23.1 Å². The van der Waals surface area contributed by atoms with Crippen LogP contribution in [0, 0.1) is 34.8 Å². The summed E-state index contributed by atoms with van der Waals surface area (Å²) in [4.78, 5) is 46.9. The first-order chi connectivity index (χ1) is 23.3. The molecule has 3 aromatic rings. The van der Waals surface area contributed by atoms with Crippen LogP contribution in [0.4, 0.5) is 28.4 Å². The molecule has 2 aromatic heterocycles. The van der Waals surface area contributed by atoms with Gasteiger partial charge in [0.05, 0.1) is 48.8 Å². The number of pyridine rings is 1. The van der Waals surface area contributed by atoms with E-state index in [1.807, 2.05) is 0 Å². The molecule has 13 nitrogen and oxygen atoms in total. The molecule has 0 spiro atoms. The topological polar surface area (TPSA) is 147 Å². The molecule has 0 N–H and O–H groups in total. The highest BCUT2D eigenvalue weighted by Crippen LogP contribution is 2.63. The lowest BCUT2D eigenvalue weighted by atomic mass is 9.95. The van der Waals surface area contributed by atoms with Gasteiger partial charge >= 0.3 is 12.2 Å². The summed E-state index contributed by atoms with van der Waals surface area (Å²) >= 11 is 0. The fourth-order valence-electron chi connectivity index (χ4n) is 7.31. The Morgan fingerprint density at radius 1 is 1.12 bits per heavy atom. The SMILES string of the molecule is CC(C)(C)OC(=O)N1C[C@@H](F)C[C@H]1C(=O)N1C[C@@H]2[C@H](C1)C2(C#N)c1ccc(-c2c(F)cc(N3C[C@H](Cn4ccnn4)OC3=O)cc2F)cn1. The molecule has 6 atom stereocenters. The Morgan fingerprint density at radius 2 is 1.84 bits per heavy atom. The van der Waals surface area contributed by atoms with Gasteiger partial charge in [-0.15, -0.1) is 5.10 Å². The van der Waals surface area contributed by atoms with E-state index in [2.05, 4.69) is 21.4 Å². The van der Waals surface area contributed by atoms with Gasteiger partial charge < -0.3 is 14.4 Å². The molecule has 3 amide bonds. The Balaban J connectivity index is 1.02. The molecule has 49 heavy (non-hydrogen) atoms. The first-order valence-electron chi connectivity index (χ1n) is 15.9. The third-order valence-corrected chi connectivity index (χ3v) is 9.59. The lowest BCUT2D eigenvalue weighted by molar-refractivity contribution is -0.135. The zero-order valence-corrected chi connectivity index (χ0v) is 26.9. The zero-order chi connectivity index (χ0) is 34.8. The highest BCUT2D eigenvalue weighted by atomic mass is 19.1. The van der Waals surface area contributed by atoms with Crippen LogP contribution in [0.25, 0.3) is 11.1 Å². The number of anilines is 1. The molecule has 16 heteroatoms. The molecule has 7 rings (SSSR count). The second-order valence-electron chi connectivity index (χ2n) is 13.9. The molecule has 3 saturated heterocycles. The fourth-order valence-corrected chi connectivity index (χ4v) is 7.31. The van der Waals surface area contributed by atoms with Crippen LogP contribution in [0.2, 0.25) is 0 Å². The molecule has 3 aliphatic heterocycles. The van der Waals surface area contributed by atoms with E-state index in [9.17, 15) is 24.0 Å². The number of ether oxygens (including phenoxy) is 2. The van der Waals surface area contributed by atoms with Crippen LogP contribution in [0.3, 0.4) is 0 Å². The smallest absolute Gasteiger partial charge is 0.414 e. The monoisotopic (exact) mass is 678 g/mol. The number of halogens is 3. The van der Waals surface area contributed by atoms with Crippen LogP contribution in [0.1, 0.15) is 32.9 Å². The Labute approximate surface area is 279 Å². The number of nitriles is 1. The lowest BCUT2D eigenvalue weighted by Gasteiger charge is -2.31. The molecule has 4 fully saturated rings. The molecule has 0 radical (unpaired) electrons. The van der Waals surface area contributed by atoms with Gasteiger partial charge in [0, 0.05) is 49.3 Å². The number of alkyl halides is 1. The maximum atomic E-state index is 15.4. The van der Waals surface area contributed by atoms with Crippen molar-refractivity contribution < 1.29 is 37.0 Å². The van der Waals surface area contributed by atoms with Crippen LogP contribution >= 0.6 is 0 Å². The van der Waals surface area contributed by atoms with Crippen molar-refractivity contribution >= 4 is 23.8 Å². The third kappa shape index (κ3) is 5.70. The number of fused-ring (bicyclic) bond motifs is 1. The van der Waals surface area contributed by atoms with E-state index < -0.39 is 59.1 Å². The van der Waals surface area contributed by atoms with Gasteiger partial charge in [-0.1, -0.05) is 11.3 Å². The summed E-state index contributed by atoms with van der Waals surface area (Å²) in [5.41, 5.74) is -1.60. The summed E-state index contributed by atoms with van der Waals surface area (Å²) in [6, 6.07) is 6.50. The quantitative estimate of drug-likeness (QED) is 0.380. The maximum absolute atomic E-state index is 15.4. The van der Waals surface area contributed by atoms with Gasteiger partial charge in [0.1, 0.15) is 41.0 Å². The van der Waals surface area contributed by atoms with Gasteiger partial charge in [0.2, 0.25) is 5.91 Å². The number of nitrogens with zero attached hydrogens (tertiary/aromatic N) is 8. The molecule has 1 saturated carbocycles. The molecule has 256 valence electrons. The van der Waals surface area contributed by atoms with E-state index >= 15 is 8.78 Å². The van der Waals surface area contributed by atoms with E-state index in [1.54, 1.807) is 37.9 Å². The Bertz CT molecular complexity index is 1810. The van der Waals surface area contributed by atoms with Crippen molar-refractivity contribution in [3.05, 3.63) is 60.2 Å². The summed E-state index contributed by atoms with van der Waals surface area (Å²) in [6.45, 7) is 5.58. The highest BCUT2D eigenvalue weighted by molar-refractivity contribution is 5.90. The number of amides is 3. The van der Waals surface area contributed by atoms with Crippen LogP contribution < -0.4 is 4.90 Å². The number of carbonyl (C=O) groups excluding carboxylic acids is 3. The minimum Gasteiger partial charge on any atom is -0.444 e. The number of likely N-dealkylation sites (tertiary alicyclic amines) is 2. The van der Waals surface area contributed by atoms with E-state index in [4.69, 9.17) is 9.47 Å². The van der Waals surface area contributed by atoms with E-state index in [0.29, 0.717) is 5.69 Å². The van der Waals surface area contributed by atoms with Crippen LogP contribution in [-0.4, -0.2) is 98.0 Å². The predicted octanol–water partition coefficient (Wildman–Crippen LogP) is 3.84. The summed E-state index contributed by atoms with van der Waals surface area (Å²) in [7, 11) is 0. The number of hydrogen-bond donors (Lipinski definition) is 0. The van der Waals surface area contributed by atoms with Gasteiger partial charge in [-0.25, -0.2) is 27.4 Å². The van der Waals surface area contributed by atoms with Gasteiger partial charge in [-0.05, 0) is 39.0 Å². The standard InChI is InChI=1S/C33H33F3N8O5/c1-32(2,3)49-31(47)44-12-19(34)8-26(44)29(45)41-15-22-23(16-41)33(22,17-37)27-5-4-18(11-38-27)28-24(35)9-20(10-25(28)36)43-14-21(48-30(43)46)13-42-7-6-39-40-42/h4-7,9-11,19,21-23,26H,8,12-16H2,1-3H3/t19-,21-,22-,23+,26-,33?/m0/s1. The fraction of sp³-hybridized carbons (Fsp3) is 0.485. The van der Waals surface area contributed by atoms with Crippen molar-refractivity contribution in [1.29, 1.82) is 5.26 Å². The average Bonchev–Trinajstić information content (AvgIpc) is 3.67.